The van der Waals surface area contributed by atoms with E-state index in [-0.39, 0.29) is 12.0 Å². The Morgan fingerprint density at radius 2 is 1.79 bits per heavy atom. The van der Waals surface area contributed by atoms with Crippen LogP contribution in [0.1, 0.15) is 36.5 Å². The van der Waals surface area contributed by atoms with Gasteiger partial charge in [-0.3, -0.25) is 0 Å². The maximum atomic E-state index is 13.4. The van der Waals surface area contributed by atoms with Gasteiger partial charge >= 0.3 is 0 Å². The van der Waals surface area contributed by atoms with E-state index < -0.39 is 10.0 Å². The van der Waals surface area contributed by atoms with Crippen molar-refractivity contribution >= 4 is 15.6 Å². The number of aryl methyl sites for hydroxylation is 1. The van der Waals surface area contributed by atoms with Crippen LogP contribution in [0.15, 0.2) is 71.2 Å². The average molecular weight is 405 g/mol. The van der Waals surface area contributed by atoms with Crippen molar-refractivity contribution < 1.29 is 8.42 Å². The molecule has 1 fully saturated rings. The van der Waals surface area contributed by atoms with Gasteiger partial charge in [0.25, 0.3) is 0 Å². The number of allylic oxidation sites excluding steroid dienone is 2. The van der Waals surface area contributed by atoms with Gasteiger partial charge in [0.15, 0.2) is 0 Å². The molecule has 0 bridgehead atoms. The number of hydrogen-bond acceptors (Lipinski definition) is 3. The van der Waals surface area contributed by atoms with E-state index in [1.165, 1.54) is 0 Å². The molecule has 0 N–H and O–H groups in total. The third kappa shape index (κ3) is 3.55. The first-order valence-electron chi connectivity index (χ1n) is 9.87. The Balaban J connectivity index is 1.76. The molecule has 4 nitrogen and oxygen atoms in total. The minimum absolute atomic E-state index is 0.0466. The minimum Gasteiger partial charge on any atom is -0.207 e. The molecule has 2 aromatic rings. The zero-order valence-corrected chi connectivity index (χ0v) is 17.5. The van der Waals surface area contributed by atoms with Crippen molar-refractivity contribution in [1.29, 1.82) is 5.26 Å². The van der Waals surface area contributed by atoms with Gasteiger partial charge in [-0.25, -0.2) is 8.42 Å². The second kappa shape index (κ2) is 7.62. The molecule has 0 amide bonds. The van der Waals surface area contributed by atoms with E-state index in [1.54, 1.807) is 16.4 Å². The van der Waals surface area contributed by atoms with Gasteiger partial charge < -0.3 is 0 Å². The maximum Gasteiger partial charge on any atom is 0.243 e. The lowest BCUT2D eigenvalue weighted by molar-refractivity contribution is 0.338. The van der Waals surface area contributed by atoms with Crippen LogP contribution in [0.25, 0.3) is 5.57 Å². The summed E-state index contributed by atoms with van der Waals surface area (Å²) in [7, 11) is -3.56. The molecule has 29 heavy (non-hydrogen) atoms. The highest BCUT2D eigenvalue weighted by Crippen LogP contribution is 2.42. The van der Waals surface area contributed by atoms with E-state index in [0.717, 1.165) is 35.1 Å². The predicted molar refractivity (Wildman–Crippen MR) is 114 cm³/mol. The molecule has 5 heteroatoms. The predicted octanol–water partition coefficient (Wildman–Crippen LogP) is 4.68. The minimum atomic E-state index is -3.56. The van der Waals surface area contributed by atoms with Crippen LogP contribution in [0.3, 0.4) is 0 Å². The first kappa shape index (κ1) is 19.6. The Kier molecular flexibility index (Phi) is 5.16. The normalized spacial score (nSPS) is 23.5. The molecule has 4 rings (SSSR count). The van der Waals surface area contributed by atoms with Crippen molar-refractivity contribution in [2.45, 2.75) is 37.6 Å². The van der Waals surface area contributed by atoms with E-state index in [9.17, 15) is 8.42 Å². The van der Waals surface area contributed by atoms with Crippen LogP contribution in [0, 0.1) is 24.2 Å². The topological polar surface area (TPSA) is 61.2 Å². The summed E-state index contributed by atoms with van der Waals surface area (Å²) in [6.07, 6.45) is 6.05. The number of benzene rings is 2. The first-order valence-corrected chi connectivity index (χ1v) is 11.3. The summed E-state index contributed by atoms with van der Waals surface area (Å²) < 4.78 is 28.6. The Hall–Kier alpha value is -2.68. The Morgan fingerprint density at radius 1 is 1.10 bits per heavy atom. The number of nitrogens with zero attached hydrogens (tertiary/aromatic N) is 2. The lowest BCUT2D eigenvalue weighted by Gasteiger charge is -2.28. The summed E-state index contributed by atoms with van der Waals surface area (Å²) in [5.41, 5.74) is 4.94. The van der Waals surface area contributed by atoms with Crippen molar-refractivity contribution in [3.63, 3.8) is 0 Å². The van der Waals surface area contributed by atoms with E-state index >= 15 is 0 Å². The third-order valence-corrected chi connectivity index (χ3v) is 7.93. The summed E-state index contributed by atoms with van der Waals surface area (Å²) >= 11 is 0. The van der Waals surface area contributed by atoms with Crippen LogP contribution in [0.2, 0.25) is 0 Å². The van der Waals surface area contributed by atoms with E-state index in [4.69, 9.17) is 5.26 Å². The van der Waals surface area contributed by atoms with Gasteiger partial charge in [0.2, 0.25) is 10.0 Å². The number of fused-ring (bicyclic) bond motifs is 1. The highest BCUT2D eigenvalue weighted by molar-refractivity contribution is 7.89. The zero-order chi connectivity index (χ0) is 20.6. The average Bonchev–Trinajstić information content (AvgIpc) is 3.14. The molecule has 2 atom stereocenters. The number of sulfonamides is 1. The molecule has 0 aromatic heterocycles. The van der Waals surface area contributed by atoms with Crippen LogP contribution < -0.4 is 0 Å². The van der Waals surface area contributed by atoms with Crippen LogP contribution >= 0.6 is 0 Å². The zero-order valence-electron chi connectivity index (χ0n) is 16.7. The smallest absolute Gasteiger partial charge is 0.207 e. The maximum absolute atomic E-state index is 13.4. The van der Waals surface area contributed by atoms with Gasteiger partial charge in [-0.2, -0.15) is 9.57 Å². The van der Waals surface area contributed by atoms with Crippen molar-refractivity contribution in [3.05, 3.63) is 82.9 Å². The fourth-order valence-electron chi connectivity index (χ4n) is 4.34. The standard InChI is InChI=1S/C24H24N2O2S/c1-17-7-13-21(14-8-17)29(27,28)26-16-23(22-5-3-4-6-24(22)26)18(2)20-11-9-19(15-25)10-12-20/h3,5,7-14,22,24H,4,6,16H2,1-2H3/b23-18-. The van der Waals surface area contributed by atoms with Crippen LogP contribution in [-0.4, -0.2) is 25.3 Å². The van der Waals surface area contributed by atoms with E-state index in [2.05, 4.69) is 25.1 Å². The van der Waals surface area contributed by atoms with Gasteiger partial charge in [0.1, 0.15) is 0 Å². The lowest BCUT2D eigenvalue weighted by atomic mass is 9.85. The molecule has 2 aliphatic rings. The Morgan fingerprint density at radius 3 is 2.45 bits per heavy atom. The molecule has 2 aromatic carbocycles. The number of hydrogen-bond donors (Lipinski definition) is 0. The molecule has 1 saturated heterocycles. The molecular weight excluding hydrogens is 380 g/mol. The molecule has 0 saturated carbocycles. The molecule has 1 aliphatic carbocycles. The van der Waals surface area contributed by atoms with Crippen molar-refractivity contribution in [2.24, 2.45) is 5.92 Å². The molecule has 0 radical (unpaired) electrons. The molecule has 2 unspecified atom stereocenters. The molecular formula is C24H24N2O2S. The summed E-state index contributed by atoms with van der Waals surface area (Å²) in [5.74, 6) is 0.0969. The lowest BCUT2D eigenvalue weighted by Crippen LogP contribution is -2.38. The molecule has 0 spiro atoms. The van der Waals surface area contributed by atoms with E-state index in [0.29, 0.717) is 17.0 Å². The fourth-order valence-corrected chi connectivity index (χ4v) is 5.99. The monoisotopic (exact) mass is 404 g/mol. The highest BCUT2D eigenvalue weighted by Gasteiger charge is 2.44. The second-order valence-electron chi connectivity index (χ2n) is 7.80. The summed E-state index contributed by atoms with van der Waals surface area (Å²) in [6, 6.07) is 16.7. The first-order chi connectivity index (χ1) is 13.9. The van der Waals surface area contributed by atoms with Gasteiger partial charge in [0, 0.05) is 18.5 Å². The SMILES string of the molecule is C/C(=C1\CN(S(=O)(=O)c2ccc(C)cc2)C2CCC=CC12)c1ccc(C#N)cc1. The van der Waals surface area contributed by atoms with Gasteiger partial charge in [-0.15, -0.1) is 0 Å². The Labute approximate surface area is 172 Å². The molecule has 1 aliphatic heterocycles. The van der Waals surface area contributed by atoms with Gasteiger partial charge in [-0.1, -0.05) is 42.0 Å². The van der Waals surface area contributed by atoms with Crippen molar-refractivity contribution in [3.8, 4) is 6.07 Å². The van der Waals surface area contributed by atoms with Crippen LogP contribution in [-0.2, 0) is 10.0 Å². The number of nitriles is 1. The number of rotatable bonds is 3. The van der Waals surface area contributed by atoms with Gasteiger partial charge in [0.05, 0.1) is 16.5 Å². The summed E-state index contributed by atoms with van der Waals surface area (Å²) in [6.45, 7) is 4.41. The van der Waals surface area contributed by atoms with Gasteiger partial charge in [-0.05, 0) is 67.7 Å². The quantitative estimate of drug-likeness (QED) is 0.698. The highest BCUT2D eigenvalue weighted by atomic mass is 32.2. The second-order valence-corrected chi connectivity index (χ2v) is 9.69. The van der Waals surface area contributed by atoms with Crippen molar-refractivity contribution in [1.82, 2.24) is 4.31 Å². The van der Waals surface area contributed by atoms with Crippen molar-refractivity contribution in [2.75, 3.05) is 6.54 Å². The third-order valence-electron chi connectivity index (χ3n) is 6.04. The van der Waals surface area contributed by atoms with Crippen LogP contribution in [0.5, 0.6) is 0 Å². The molecule has 1 heterocycles. The summed E-state index contributed by atoms with van der Waals surface area (Å²) in [5, 5.41) is 9.04. The summed E-state index contributed by atoms with van der Waals surface area (Å²) in [4.78, 5) is 0.355. The Bertz CT molecular complexity index is 1120. The fraction of sp³-hybridized carbons (Fsp3) is 0.292. The molecule has 148 valence electrons. The largest absolute Gasteiger partial charge is 0.243 e. The van der Waals surface area contributed by atoms with E-state index in [1.807, 2.05) is 43.3 Å². The van der Waals surface area contributed by atoms with Crippen LogP contribution in [0.4, 0.5) is 0 Å².